The van der Waals surface area contributed by atoms with E-state index in [4.69, 9.17) is 32.7 Å². The van der Waals surface area contributed by atoms with Gasteiger partial charge in [0.2, 0.25) is 10.0 Å². The van der Waals surface area contributed by atoms with E-state index in [0.29, 0.717) is 16.0 Å². The number of pyridine rings is 1. The Bertz CT molecular complexity index is 1720. The first-order chi connectivity index (χ1) is 21.5. The lowest BCUT2D eigenvalue weighted by atomic mass is 10.0. The monoisotopic (exact) mass is 699 g/mol. The first-order valence-electron chi connectivity index (χ1n) is 13.6. The highest BCUT2D eigenvalue weighted by atomic mass is 35.5. The maximum atomic E-state index is 13.7. The molecule has 45 heavy (non-hydrogen) atoms. The molecule has 1 aliphatic heterocycles. The van der Waals surface area contributed by atoms with Crippen LogP contribution in [0.1, 0.15) is 35.6 Å². The number of carbonyl (C=O) groups is 1. The van der Waals surface area contributed by atoms with Crippen LogP contribution in [0.3, 0.4) is 0 Å². The number of halogens is 4. The molecular weight excluding hydrogens is 675 g/mol. The predicted molar refractivity (Wildman–Crippen MR) is 161 cm³/mol. The minimum Gasteiger partial charge on any atom is -0.619 e. The van der Waals surface area contributed by atoms with E-state index in [1.54, 1.807) is 0 Å². The second kappa shape index (κ2) is 14.0. The van der Waals surface area contributed by atoms with Crippen molar-refractivity contribution in [2.45, 2.75) is 42.2 Å². The molecule has 3 aromatic rings. The largest absolute Gasteiger partial charge is 0.619 e. The number of benzene rings is 2. The number of nitriles is 1. The maximum Gasteiger partial charge on any atom is 0.387 e. The topological polar surface area (TPSA) is 133 Å². The van der Waals surface area contributed by atoms with Crippen molar-refractivity contribution in [2.75, 3.05) is 18.9 Å². The van der Waals surface area contributed by atoms with Gasteiger partial charge >= 0.3 is 12.6 Å². The Kier molecular flexibility index (Phi) is 10.2. The summed E-state index contributed by atoms with van der Waals surface area (Å²) >= 11 is 13.7. The third-order valence-electron chi connectivity index (χ3n) is 7.05. The van der Waals surface area contributed by atoms with Crippen molar-refractivity contribution in [3.05, 3.63) is 86.8 Å². The summed E-state index contributed by atoms with van der Waals surface area (Å²) in [5.41, 5.74) is 0.687. The van der Waals surface area contributed by atoms with E-state index in [9.17, 15) is 32.5 Å². The van der Waals surface area contributed by atoms with E-state index >= 15 is 0 Å². The molecule has 5 rings (SSSR count). The number of alkyl halides is 2. The van der Waals surface area contributed by atoms with Gasteiger partial charge in [0, 0.05) is 24.3 Å². The van der Waals surface area contributed by atoms with Crippen molar-refractivity contribution >= 4 is 51.0 Å². The number of thioether (sulfide) groups is 1. The highest BCUT2D eigenvalue weighted by Crippen LogP contribution is 2.39. The summed E-state index contributed by atoms with van der Waals surface area (Å²) in [6.45, 7) is -2.84. The molecule has 0 amide bonds. The van der Waals surface area contributed by atoms with Crippen molar-refractivity contribution in [3.63, 3.8) is 0 Å². The fraction of sp³-hybridized carbons (Fsp3) is 0.345. The minimum absolute atomic E-state index is 0.000208. The zero-order chi connectivity index (χ0) is 32.3. The summed E-state index contributed by atoms with van der Waals surface area (Å²) in [5.74, 6) is -0.548. The summed E-state index contributed by atoms with van der Waals surface area (Å²) in [4.78, 5) is 13.5. The number of ether oxygens (including phenoxy) is 3. The zero-order valence-corrected chi connectivity index (χ0v) is 26.4. The van der Waals surface area contributed by atoms with E-state index in [0.717, 1.165) is 41.3 Å². The molecule has 1 saturated heterocycles. The van der Waals surface area contributed by atoms with Crippen LogP contribution in [0.25, 0.3) is 0 Å². The fourth-order valence-corrected chi connectivity index (χ4v) is 8.30. The summed E-state index contributed by atoms with van der Waals surface area (Å²) in [6.07, 6.45) is 2.69. The van der Waals surface area contributed by atoms with Crippen LogP contribution >= 0.6 is 35.0 Å². The minimum atomic E-state index is -4.20. The SMILES string of the molecule is N#Cc1cccc(S(=O)(=O)N2CCS[C@H]2C(=O)O[C@@H](Cc2c(Cl)c[n+]([O-])cc2Cl)c2ccc(OC(F)F)c(OCC3CC3)c2)c1. The molecule has 2 atom stereocenters. The summed E-state index contributed by atoms with van der Waals surface area (Å²) in [7, 11) is -4.20. The lowest BCUT2D eigenvalue weighted by Gasteiger charge is -2.26. The van der Waals surface area contributed by atoms with E-state index in [-0.39, 0.29) is 63.1 Å². The van der Waals surface area contributed by atoms with Gasteiger partial charge in [-0.05, 0) is 54.7 Å². The van der Waals surface area contributed by atoms with Gasteiger partial charge in [-0.2, -0.15) is 23.1 Å². The molecule has 0 N–H and O–H groups in total. The first kappa shape index (κ1) is 33.0. The molecular formula is C29H25Cl2F2N3O7S2. The number of esters is 1. The third-order valence-corrected chi connectivity index (χ3v) is 10.9. The summed E-state index contributed by atoms with van der Waals surface area (Å²) < 4.78 is 71.1. The fourth-order valence-electron chi connectivity index (χ4n) is 4.61. The number of nitrogens with zero attached hydrogens (tertiary/aromatic N) is 3. The second-order valence-corrected chi connectivity index (χ2v) is 14.1. The summed E-state index contributed by atoms with van der Waals surface area (Å²) in [6, 6.07) is 11.4. The van der Waals surface area contributed by atoms with Gasteiger partial charge in [-0.25, -0.2) is 13.2 Å². The van der Waals surface area contributed by atoms with E-state index in [2.05, 4.69) is 4.74 Å². The highest BCUT2D eigenvalue weighted by Gasteiger charge is 2.42. The molecule has 16 heteroatoms. The molecule has 0 spiro atoms. The van der Waals surface area contributed by atoms with Crippen LogP contribution in [-0.4, -0.2) is 49.6 Å². The van der Waals surface area contributed by atoms with Gasteiger partial charge in [-0.1, -0.05) is 35.3 Å². The average Bonchev–Trinajstić information content (AvgIpc) is 3.69. The van der Waals surface area contributed by atoms with Gasteiger partial charge in [-0.3, -0.25) is 0 Å². The molecule has 1 aliphatic carbocycles. The van der Waals surface area contributed by atoms with Crippen LogP contribution in [0, 0.1) is 22.5 Å². The van der Waals surface area contributed by atoms with Crippen molar-refractivity contribution in [2.24, 2.45) is 5.92 Å². The quantitative estimate of drug-likeness (QED) is 0.137. The molecule has 2 heterocycles. The Morgan fingerprint density at radius 1 is 1.16 bits per heavy atom. The number of hydrogen-bond donors (Lipinski definition) is 0. The molecule has 1 aromatic heterocycles. The van der Waals surface area contributed by atoms with Crippen molar-refractivity contribution in [3.8, 4) is 17.6 Å². The number of aromatic nitrogens is 1. The van der Waals surface area contributed by atoms with Gasteiger partial charge in [-0.15, -0.1) is 11.8 Å². The van der Waals surface area contributed by atoms with Crippen LogP contribution < -0.4 is 14.2 Å². The molecule has 2 fully saturated rings. The van der Waals surface area contributed by atoms with Gasteiger partial charge in [0.1, 0.15) is 16.1 Å². The van der Waals surface area contributed by atoms with Gasteiger partial charge in [0.05, 0.1) is 23.1 Å². The Morgan fingerprint density at radius 3 is 2.56 bits per heavy atom. The second-order valence-electron chi connectivity index (χ2n) is 10.2. The van der Waals surface area contributed by atoms with Crippen molar-refractivity contribution in [1.82, 2.24) is 4.31 Å². The lowest BCUT2D eigenvalue weighted by Crippen LogP contribution is -2.40. The standard InChI is InChI=1S/C29H25Cl2F2N3O7S2/c30-22-14-35(38)15-23(31)21(22)12-25(19-6-7-24(43-29(32)33)26(11-19)41-16-17-4-5-17)42-28(37)27-36(8-9-44-27)45(39,40)20-3-1-2-18(10-20)13-34/h1-3,6-7,10-11,14-15,17,25,27,29H,4-5,8-9,12,16H2/t25-,27-/m0/s1. The van der Waals surface area contributed by atoms with Crippen LogP contribution in [0.4, 0.5) is 8.78 Å². The zero-order valence-electron chi connectivity index (χ0n) is 23.3. The highest BCUT2D eigenvalue weighted by molar-refractivity contribution is 8.02. The number of rotatable bonds is 12. The summed E-state index contributed by atoms with van der Waals surface area (Å²) in [5, 5.41) is 19.8. The Labute approximate surface area is 272 Å². The predicted octanol–water partition coefficient (Wildman–Crippen LogP) is 5.48. The van der Waals surface area contributed by atoms with Crippen LogP contribution in [0.15, 0.2) is 59.8 Å². The van der Waals surface area contributed by atoms with Crippen LogP contribution in [-0.2, 0) is 26.0 Å². The normalized spacial score (nSPS) is 17.6. The smallest absolute Gasteiger partial charge is 0.387 e. The molecule has 2 aromatic carbocycles. The molecule has 238 valence electrons. The van der Waals surface area contributed by atoms with E-state index < -0.39 is 34.1 Å². The Morgan fingerprint density at radius 2 is 1.89 bits per heavy atom. The third kappa shape index (κ3) is 7.90. The molecule has 0 bridgehead atoms. The van der Waals surface area contributed by atoms with Crippen molar-refractivity contribution in [1.29, 1.82) is 5.26 Å². The molecule has 1 saturated carbocycles. The molecule has 0 radical (unpaired) electrons. The van der Waals surface area contributed by atoms with Gasteiger partial charge in [0.15, 0.2) is 29.3 Å². The average molecular weight is 701 g/mol. The van der Waals surface area contributed by atoms with E-state index in [1.165, 1.54) is 42.5 Å². The molecule has 10 nitrogen and oxygen atoms in total. The number of sulfonamides is 1. The Hall–Kier alpha value is -3.35. The number of hydrogen-bond acceptors (Lipinski definition) is 9. The molecule has 0 unspecified atom stereocenters. The Balaban J connectivity index is 1.48. The van der Waals surface area contributed by atoms with Gasteiger partial charge in [0.25, 0.3) is 0 Å². The van der Waals surface area contributed by atoms with Crippen LogP contribution in [0.2, 0.25) is 10.0 Å². The van der Waals surface area contributed by atoms with Crippen molar-refractivity contribution < 1.29 is 40.9 Å². The van der Waals surface area contributed by atoms with Crippen LogP contribution in [0.5, 0.6) is 11.5 Å². The van der Waals surface area contributed by atoms with E-state index in [1.807, 2.05) is 6.07 Å². The molecule has 2 aliphatic rings. The van der Waals surface area contributed by atoms with Gasteiger partial charge < -0.3 is 19.4 Å². The number of carbonyl (C=O) groups excluding carboxylic acids is 1. The first-order valence-corrected chi connectivity index (χ1v) is 16.8. The lowest BCUT2D eigenvalue weighted by molar-refractivity contribution is -0.605. The maximum absolute atomic E-state index is 13.7.